The Labute approximate surface area is 115 Å². The molecule has 0 aliphatic rings. The molecular weight excluding hydrogens is 352 g/mol. The quantitative estimate of drug-likeness (QED) is 0.736. The summed E-state index contributed by atoms with van der Waals surface area (Å²) in [6, 6.07) is 0. The minimum Gasteiger partial charge on any atom is -0.393 e. The van der Waals surface area contributed by atoms with Crippen LogP contribution in [0, 0.1) is 0 Å². The highest BCUT2D eigenvalue weighted by Gasteiger charge is 2.83. The average Bonchev–Trinajstić information content (AvgIpc) is 2.34. The third-order valence-electron chi connectivity index (χ3n) is 2.28. The highest BCUT2D eigenvalue weighted by Crippen LogP contribution is 2.54. The van der Waals surface area contributed by atoms with Crippen LogP contribution in [0.2, 0.25) is 0 Å². The van der Waals surface area contributed by atoms with Crippen molar-refractivity contribution >= 4 is 0 Å². The van der Waals surface area contributed by atoms with Gasteiger partial charge in [0.05, 0.1) is 6.61 Å². The summed E-state index contributed by atoms with van der Waals surface area (Å²) in [7, 11) is 0. The lowest BCUT2D eigenvalue weighted by molar-refractivity contribution is -0.384. The minimum absolute atomic E-state index is 2.00. The minimum atomic E-state index is -7.23. The van der Waals surface area contributed by atoms with Crippen LogP contribution in [0.4, 0.5) is 52.7 Å². The average molecular weight is 362 g/mol. The van der Waals surface area contributed by atoms with E-state index in [2.05, 4.69) is 0 Å². The van der Waals surface area contributed by atoms with Gasteiger partial charge in [-0.25, -0.2) is 13.2 Å². The number of hydrogen-bond donors (Lipinski definition) is 1. The number of aliphatic hydroxyl groups is 1. The first-order valence-corrected chi connectivity index (χ1v) is 5.29. The standard InChI is InChI=1S/C7H4F12O.C2H6/c8-2(3(9,1-20)5(11,12)13)4(10,6(14,15)16)7(17,18)19;1-2/h2,20H,1H2;1-2H3. The van der Waals surface area contributed by atoms with Crippen molar-refractivity contribution in [2.45, 2.75) is 49.9 Å². The molecule has 0 fully saturated rings. The first-order valence-electron chi connectivity index (χ1n) is 5.29. The molecule has 0 aromatic rings. The highest BCUT2D eigenvalue weighted by atomic mass is 19.4. The van der Waals surface area contributed by atoms with Crippen LogP contribution < -0.4 is 0 Å². The number of alkyl halides is 12. The van der Waals surface area contributed by atoms with E-state index in [0.29, 0.717) is 0 Å². The first-order chi connectivity index (χ1) is 9.47. The van der Waals surface area contributed by atoms with E-state index in [1.807, 2.05) is 13.8 Å². The Balaban J connectivity index is 0. The van der Waals surface area contributed by atoms with Crippen LogP contribution in [0.3, 0.4) is 0 Å². The van der Waals surface area contributed by atoms with Crippen LogP contribution in [-0.4, -0.2) is 47.8 Å². The Kier molecular flexibility index (Phi) is 7.13. The highest BCUT2D eigenvalue weighted by molar-refractivity contribution is 5.11. The van der Waals surface area contributed by atoms with E-state index >= 15 is 0 Å². The molecule has 0 saturated carbocycles. The molecule has 0 aliphatic carbocycles. The molecule has 136 valence electrons. The molecule has 1 N–H and O–H groups in total. The molecular formula is C9H10F12O. The second kappa shape index (κ2) is 6.71. The lowest BCUT2D eigenvalue weighted by Gasteiger charge is -2.39. The van der Waals surface area contributed by atoms with Gasteiger partial charge in [0, 0.05) is 0 Å². The van der Waals surface area contributed by atoms with E-state index in [0.717, 1.165) is 0 Å². The van der Waals surface area contributed by atoms with Crippen LogP contribution in [0.15, 0.2) is 0 Å². The SMILES string of the molecule is CC.OCC(F)(C(F)C(F)(C(F)(F)F)C(F)(F)F)C(F)(F)F. The number of aliphatic hydroxyl groups excluding tert-OH is 1. The molecule has 0 aromatic heterocycles. The second-order valence-corrected chi connectivity index (χ2v) is 3.59. The van der Waals surface area contributed by atoms with Crippen LogP contribution in [0.25, 0.3) is 0 Å². The molecule has 0 heterocycles. The Hall–Kier alpha value is -0.880. The monoisotopic (exact) mass is 362 g/mol. The van der Waals surface area contributed by atoms with Gasteiger partial charge in [-0.05, 0) is 0 Å². The Bertz CT molecular complexity index is 328. The van der Waals surface area contributed by atoms with Crippen molar-refractivity contribution in [1.29, 1.82) is 0 Å². The van der Waals surface area contributed by atoms with Crippen molar-refractivity contribution in [3.63, 3.8) is 0 Å². The van der Waals surface area contributed by atoms with E-state index < -0.39 is 42.6 Å². The third-order valence-corrected chi connectivity index (χ3v) is 2.28. The fourth-order valence-corrected chi connectivity index (χ4v) is 1.08. The molecule has 0 aromatic carbocycles. The zero-order valence-corrected chi connectivity index (χ0v) is 10.8. The number of halogens is 12. The van der Waals surface area contributed by atoms with Crippen molar-refractivity contribution < 1.29 is 57.8 Å². The normalized spacial score (nSPS) is 18.1. The van der Waals surface area contributed by atoms with Gasteiger partial charge in [-0.15, -0.1) is 0 Å². The van der Waals surface area contributed by atoms with E-state index in [-0.39, 0.29) is 0 Å². The molecule has 2 atom stereocenters. The summed E-state index contributed by atoms with van der Waals surface area (Å²) in [4.78, 5) is 0. The maximum atomic E-state index is 13.0. The molecule has 0 spiro atoms. The summed E-state index contributed by atoms with van der Waals surface area (Å²) < 4.78 is 147. The fraction of sp³-hybridized carbons (Fsp3) is 1.00. The lowest BCUT2D eigenvalue weighted by atomic mass is 9.86. The van der Waals surface area contributed by atoms with E-state index in [1.54, 1.807) is 0 Å². The first kappa shape index (κ1) is 23.4. The van der Waals surface area contributed by atoms with Crippen LogP contribution in [0.1, 0.15) is 13.8 Å². The summed E-state index contributed by atoms with van der Waals surface area (Å²) in [5.74, 6) is 0. The van der Waals surface area contributed by atoms with Gasteiger partial charge in [0.2, 0.25) is 0 Å². The van der Waals surface area contributed by atoms with Gasteiger partial charge < -0.3 is 5.11 Å². The van der Waals surface area contributed by atoms with E-state index in [9.17, 15) is 52.7 Å². The van der Waals surface area contributed by atoms with Gasteiger partial charge in [0.15, 0.2) is 6.17 Å². The Morgan fingerprint density at radius 2 is 0.955 bits per heavy atom. The summed E-state index contributed by atoms with van der Waals surface area (Å²) in [5.41, 5.74) is -13.2. The van der Waals surface area contributed by atoms with Crippen molar-refractivity contribution in [3.8, 4) is 0 Å². The largest absolute Gasteiger partial charge is 0.434 e. The molecule has 2 unspecified atom stereocenters. The molecule has 0 saturated heterocycles. The zero-order valence-electron chi connectivity index (χ0n) is 10.8. The smallest absolute Gasteiger partial charge is 0.393 e. The predicted octanol–water partition coefficient (Wildman–Crippen LogP) is 4.45. The van der Waals surface area contributed by atoms with Gasteiger partial charge in [-0.2, -0.15) is 39.5 Å². The summed E-state index contributed by atoms with van der Waals surface area (Å²) in [5, 5.41) is 7.95. The van der Waals surface area contributed by atoms with Crippen LogP contribution >= 0.6 is 0 Å². The maximum Gasteiger partial charge on any atom is 0.434 e. The van der Waals surface area contributed by atoms with Crippen LogP contribution in [0.5, 0.6) is 0 Å². The Morgan fingerprint density at radius 1 is 0.682 bits per heavy atom. The molecule has 0 aliphatic heterocycles. The maximum absolute atomic E-state index is 13.0. The van der Waals surface area contributed by atoms with Gasteiger partial charge >= 0.3 is 24.2 Å². The zero-order chi connectivity index (χ0) is 18.8. The van der Waals surface area contributed by atoms with Gasteiger partial charge in [-0.1, -0.05) is 13.8 Å². The lowest BCUT2D eigenvalue weighted by Crippen LogP contribution is -2.69. The summed E-state index contributed by atoms with van der Waals surface area (Å²) in [6.07, 6.45) is -27.0. The summed E-state index contributed by atoms with van der Waals surface area (Å²) >= 11 is 0. The van der Waals surface area contributed by atoms with Gasteiger partial charge in [0.25, 0.3) is 5.67 Å². The van der Waals surface area contributed by atoms with Gasteiger partial charge in [0.1, 0.15) is 0 Å². The van der Waals surface area contributed by atoms with E-state index in [4.69, 9.17) is 5.11 Å². The molecule has 1 nitrogen and oxygen atoms in total. The molecule has 0 amide bonds. The Morgan fingerprint density at radius 3 is 1.09 bits per heavy atom. The molecule has 13 heteroatoms. The van der Waals surface area contributed by atoms with Crippen molar-refractivity contribution in [1.82, 2.24) is 0 Å². The second-order valence-electron chi connectivity index (χ2n) is 3.59. The molecule has 22 heavy (non-hydrogen) atoms. The van der Waals surface area contributed by atoms with Crippen LogP contribution in [-0.2, 0) is 0 Å². The molecule has 0 bridgehead atoms. The number of hydrogen-bond acceptors (Lipinski definition) is 1. The fourth-order valence-electron chi connectivity index (χ4n) is 1.08. The van der Waals surface area contributed by atoms with E-state index in [1.165, 1.54) is 0 Å². The van der Waals surface area contributed by atoms with Crippen molar-refractivity contribution in [2.24, 2.45) is 0 Å². The van der Waals surface area contributed by atoms with Gasteiger partial charge in [-0.3, -0.25) is 0 Å². The topological polar surface area (TPSA) is 20.2 Å². The third kappa shape index (κ3) is 3.71. The predicted molar refractivity (Wildman–Crippen MR) is 49.2 cm³/mol. The summed E-state index contributed by atoms with van der Waals surface area (Å²) in [6.45, 7) is 0.829. The van der Waals surface area contributed by atoms with Crippen molar-refractivity contribution in [3.05, 3.63) is 0 Å². The van der Waals surface area contributed by atoms with Crippen molar-refractivity contribution in [2.75, 3.05) is 6.61 Å². The molecule has 0 radical (unpaired) electrons. The molecule has 0 rings (SSSR count). The number of rotatable bonds is 3.